The molecule has 14 heavy (non-hydrogen) atoms. The summed E-state index contributed by atoms with van der Waals surface area (Å²) in [6.45, 7) is 0.128. The maximum atomic E-state index is 9.61. The third-order valence-electron chi connectivity index (χ3n) is 1.82. The van der Waals surface area contributed by atoms with Gasteiger partial charge in [-0.15, -0.1) is 0 Å². The Morgan fingerprint density at radius 3 is 2.79 bits per heavy atom. The molecular formula is C9H11BrClNO2. The van der Waals surface area contributed by atoms with Crippen LogP contribution >= 0.6 is 27.5 Å². The summed E-state index contributed by atoms with van der Waals surface area (Å²) in [5, 5.41) is 10.1. The van der Waals surface area contributed by atoms with E-state index in [1.54, 1.807) is 12.1 Å². The minimum absolute atomic E-state index is 0.128. The van der Waals surface area contributed by atoms with E-state index in [9.17, 15) is 5.11 Å². The van der Waals surface area contributed by atoms with E-state index in [1.165, 1.54) is 7.11 Å². The van der Waals surface area contributed by atoms with Crippen molar-refractivity contribution in [1.82, 2.24) is 0 Å². The largest absolute Gasteiger partial charge is 0.495 e. The van der Waals surface area contributed by atoms with Gasteiger partial charge in [0.05, 0.1) is 17.7 Å². The summed E-state index contributed by atoms with van der Waals surface area (Å²) in [6, 6.07) is 3.34. The lowest BCUT2D eigenvalue weighted by Crippen LogP contribution is -2.12. The van der Waals surface area contributed by atoms with Crippen molar-refractivity contribution >= 4 is 27.5 Å². The monoisotopic (exact) mass is 279 g/mol. The Kier molecular flexibility index (Phi) is 4.19. The Labute approximate surface area is 95.9 Å². The highest BCUT2D eigenvalue weighted by molar-refractivity contribution is 9.10. The molecule has 0 heterocycles. The first-order valence-corrected chi connectivity index (χ1v) is 5.18. The molecule has 1 aromatic carbocycles. The van der Waals surface area contributed by atoms with E-state index >= 15 is 0 Å². The highest BCUT2D eigenvalue weighted by Crippen LogP contribution is 2.35. The van der Waals surface area contributed by atoms with Gasteiger partial charge in [0, 0.05) is 17.1 Å². The zero-order chi connectivity index (χ0) is 10.7. The molecule has 1 aromatic rings. The molecule has 3 N–H and O–H groups in total. The molecule has 0 amide bonds. The highest BCUT2D eigenvalue weighted by Gasteiger charge is 2.15. The fourth-order valence-electron chi connectivity index (χ4n) is 1.17. The predicted molar refractivity (Wildman–Crippen MR) is 59.7 cm³/mol. The Morgan fingerprint density at radius 2 is 2.29 bits per heavy atom. The van der Waals surface area contributed by atoms with Crippen LogP contribution in [0.25, 0.3) is 0 Å². The fourth-order valence-corrected chi connectivity index (χ4v) is 2.17. The van der Waals surface area contributed by atoms with Gasteiger partial charge in [-0.05, 0) is 28.1 Å². The second-order valence-electron chi connectivity index (χ2n) is 2.76. The lowest BCUT2D eigenvalue weighted by atomic mass is 10.1. The minimum Gasteiger partial charge on any atom is -0.495 e. The SMILES string of the molecule is COc1c(Br)cc(Cl)cc1[C@@H](O)CN. The Hall–Kier alpha value is -0.290. The number of aliphatic hydroxyl groups is 1. The first-order valence-electron chi connectivity index (χ1n) is 4.01. The van der Waals surface area contributed by atoms with Crippen molar-refractivity contribution in [3.63, 3.8) is 0 Å². The summed E-state index contributed by atoms with van der Waals surface area (Å²) >= 11 is 9.14. The van der Waals surface area contributed by atoms with E-state index in [-0.39, 0.29) is 6.54 Å². The van der Waals surface area contributed by atoms with Crippen molar-refractivity contribution < 1.29 is 9.84 Å². The number of benzene rings is 1. The van der Waals surface area contributed by atoms with Crippen LogP contribution in [0.1, 0.15) is 11.7 Å². The van der Waals surface area contributed by atoms with Crippen LogP contribution in [0.3, 0.4) is 0 Å². The van der Waals surface area contributed by atoms with Crippen molar-refractivity contribution in [3.8, 4) is 5.75 Å². The van der Waals surface area contributed by atoms with Gasteiger partial charge in [-0.3, -0.25) is 0 Å². The van der Waals surface area contributed by atoms with Crippen molar-refractivity contribution in [2.75, 3.05) is 13.7 Å². The molecule has 0 bridgehead atoms. The molecule has 1 atom stereocenters. The summed E-state index contributed by atoms with van der Waals surface area (Å²) in [5.41, 5.74) is 5.96. The molecule has 78 valence electrons. The molecule has 0 unspecified atom stereocenters. The Balaban J connectivity index is 3.24. The standard InChI is InChI=1S/C9H11BrClNO2/c1-14-9-6(8(13)4-12)2-5(11)3-7(9)10/h2-3,8,13H,4,12H2,1H3/t8-/m0/s1. The number of halogens is 2. The Bertz CT molecular complexity index is 333. The number of methoxy groups -OCH3 is 1. The Morgan fingerprint density at radius 1 is 1.64 bits per heavy atom. The topological polar surface area (TPSA) is 55.5 Å². The molecule has 3 nitrogen and oxygen atoms in total. The predicted octanol–water partition coefficient (Wildman–Crippen LogP) is 2.10. The van der Waals surface area contributed by atoms with Crippen molar-refractivity contribution in [2.45, 2.75) is 6.10 Å². The molecule has 0 saturated carbocycles. The van der Waals surface area contributed by atoms with Gasteiger partial charge in [0.1, 0.15) is 5.75 Å². The van der Waals surface area contributed by atoms with E-state index in [2.05, 4.69) is 15.9 Å². The van der Waals surface area contributed by atoms with Crippen LogP contribution in [-0.2, 0) is 0 Å². The molecule has 0 spiro atoms. The van der Waals surface area contributed by atoms with Gasteiger partial charge in [0.2, 0.25) is 0 Å². The van der Waals surface area contributed by atoms with Gasteiger partial charge in [-0.25, -0.2) is 0 Å². The second kappa shape index (κ2) is 4.98. The van der Waals surface area contributed by atoms with E-state index in [0.717, 1.165) is 0 Å². The molecule has 0 aromatic heterocycles. The number of aliphatic hydroxyl groups excluding tert-OH is 1. The van der Waals surface area contributed by atoms with E-state index in [0.29, 0.717) is 20.8 Å². The van der Waals surface area contributed by atoms with Crippen LogP contribution in [0.5, 0.6) is 5.75 Å². The minimum atomic E-state index is -0.764. The van der Waals surface area contributed by atoms with Crippen LogP contribution in [0.2, 0.25) is 5.02 Å². The molecule has 0 aliphatic carbocycles. The summed E-state index contributed by atoms with van der Waals surface area (Å²) in [6.07, 6.45) is -0.764. The number of ether oxygens (including phenoxy) is 1. The van der Waals surface area contributed by atoms with E-state index in [4.69, 9.17) is 22.1 Å². The molecule has 1 rings (SSSR count). The maximum Gasteiger partial charge on any atom is 0.138 e. The van der Waals surface area contributed by atoms with Crippen LogP contribution in [0, 0.1) is 0 Å². The van der Waals surface area contributed by atoms with Gasteiger partial charge in [0.15, 0.2) is 0 Å². The third kappa shape index (κ3) is 2.39. The first-order chi connectivity index (χ1) is 6.60. The lowest BCUT2D eigenvalue weighted by Gasteiger charge is -2.14. The van der Waals surface area contributed by atoms with Gasteiger partial charge in [-0.1, -0.05) is 11.6 Å². The molecule has 0 aliphatic rings. The lowest BCUT2D eigenvalue weighted by molar-refractivity contribution is 0.182. The zero-order valence-electron chi connectivity index (χ0n) is 7.63. The summed E-state index contributed by atoms with van der Waals surface area (Å²) < 4.78 is 5.84. The van der Waals surface area contributed by atoms with Crippen molar-refractivity contribution in [1.29, 1.82) is 0 Å². The number of nitrogens with two attached hydrogens (primary N) is 1. The normalized spacial score (nSPS) is 12.6. The molecule has 0 aliphatic heterocycles. The molecule has 0 saturated heterocycles. The van der Waals surface area contributed by atoms with Gasteiger partial charge < -0.3 is 15.6 Å². The fraction of sp³-hybridized carbons (Fsp3) is 0.333. The van der Waals surface area contributed by atoms with Gasteiger partial charge in [-0.2, -0.15) is 0 Å². The van der Waals surface area contributed by atoms with Crippen molar-refractivity contribution in [3.05, 3.63) is 27.2 Å². The average molecular weight is 281 g/mol. The molecular weight excluding hydrogens is 269 g/mol. The number of hydrogen-bond donors (Lipinski definition) is 2. The summed E-state index contributed by atoms with van der Waals surface area (Å²) in [4.78, 5) is 0. The van der Waals surface area contributed by atoms with Crippen LogP contribution in [0.4, 0.5) is 0 Å². The smallest absolute Gasteiger partial charge is 0.138 e. The quantitative estimate of drug-likeness (QED) is 0.891. The van der Waals surface area contributed by atoms with E-state index < -0.39 is 6.10 Å². The molecule has 0 radical (unpaired) electrons. The highest BCUT2D eigenvalue weighted by atomic mass is 79.9. The van der Waals surface area contributed by atoms with E-state index in [1.807, 2.05) is 0 Å². The molecule has 0 fully saturated rings. The second-order valence-corrected chi connectivity index (χ2v) is 4.05. The average Bonchev–Trinajstić information content (AvgIpc) is 2.15. The van der Waals surface area contributed by atoms with Crippen LogP contribution in [0.15, 0.2) is 16.6 Å². The van der Waals surface area contributed by atoms with Crippen molar-refractivity contribution in [2.24, 2.45) is 5.73 Å². The van der Waals surface area contributed by atoms with Gasteiger partial charge in [0.25, 0.3) is 0 Å². The number of hydrogen-bond acceptors (Lipinski definition) is 3. The van der Waals surface area contributed by atoms with Gasteiger partial charge >= 0.3 is 0 Å². The molecule has 5 heteroatoms. The number of rotatable bonds is 3. The zero-order valence-corrected chi connectivity index (χ0v) is 9.97. The third-order valence-corrected chi connectivity index (χ3v) is 2.63. The summed E-state index contributed by atoms with van der Waals surface area (Å²) in [7, 11) is 1.53. The van der Waals surface area contributed by atoms with Crippen LogP contribution < -0.4 is 10.5 Å². The van der Waals surface area contributed by atoms with Crippen LogP contribution in [-0.4, -0.2) is 18.8 Å². The maximum absolute atomic E-state index is 9.61. The summed E-state index contributed by atoms with van der Waals surface area (Å²) in [5.74, 6) is 0.562. The first kappa shape index (κ1) is 11.8.